The van der Waals surface area contributed by atoms with E-state index in [0.717, 1.165) is 6.42 Å². The molecule has 3 nitrogen and oxygen atoms in total. The zero-order chi connectivity index (χ0) is 11.4. The molecule has 15 heavy (non-hydrogen) atoms. The molecule has 0 N–H and O–H groups in total. The van der Waals surface area contributed by atoms with Crippen molar-refractivity contribution < 1.29 is 14.3 Å². The lowest BCUT2D eigenvalue weighted by atomic mass is 9.88. The maximum absolute atomic E-state index is 12.0. The molecule has 2 rings (SSSR count). The Morgan fingerprint density at radius 1 is 1.53 bits per heavy atom. The Morgan fingerprint density at radius 2 is 2.13 bits per heavy atom. The summed E-state index contributed by atoms with van der Waals surface area (Å²) >= 11 is 3.33. The van der Waals surface area contributed by atoms with Crippen LogP contribution in [0.15, 0.2) is 0 Å². The van der Waals surface area contributed by atoms with Gasteiger partial charge in [0, 0.05) is 5.92 Å². The van der Waals surface area contributed by atoms with Crippen molar-refractivity contribution in [2.45, 2.75) is 25.1 Å². The van der Waals surface area contributed by atoms with Crippen molar-refractivity contribution in [3.63, 3.8) is 0 Å². The summed E-state index contributed by atoms with van der Waals surface area (Å²) in [6, 6.07) is 0. The van der Waals surface area contributed by atoms with Gasteiger partial charge in [-0.15, -0.1) is 0 Å². The molecule has 0 spiro atoms. The van der Waals surface area contributed by atoms with Crippen LogP contribution in [0.25, 0.3) is 0 Å². The molecule has 2 fully saturated rings. The molecule has 84 valence electrons. The molecular formula is C11H15BrO3. The Labute approximate surface area is 97.7 Å². The molecule has 0 aromatic carbocycles. The monoisotopic (exact) mass is 274 g/mol. The Morgan fingerprint density at radius 3 is 2.67 bits per heavy atom. The molecule has 2 aliphatic carbocycles. The Bertz CT molecular complexity index is 324. The van der Waals surface area contributed by atoms with Gasteiger partial charge in [-0.05, 0) is 17.8 Å². The maximum atomic E-state index is 12.0. The topological polar surface area (TPSA) is 43.4 Å². The first-order chi connectivity index (χ1) is 6.91. The number of methoxy groups -OCH3 is 1. The second kappa shape index (κ2) is 3.30. The van der Waals surface area contributed by atoms with Crippen LogP contribution in [-0.4, -0.2) is 23.7 Å². The van der Waals surface area contributed by atoms with Crippen LogP contribution in [0, 0.1) is 23.2 Å². The van der Waals surface area contributed by atoms with Gasteiger partial charge in [0.2, 0.25) is 0 Å². The number of hydrogen-bond donors (Lipinski definition) is 0. The smallest absolute Gasteiger partial charge is 0.310 e. The van der Waals surface area contributed by atoms with Gasteiger partial charge >= 0.3 is 5.97 Å². The fraction of sp³-hybridized carbons (Fsp3) is 0.818. The molecule has 0 bridgehead atoms. The molecule has 4 unspecified atom stereocenters. The van der Waals surface area contributed by atoms with Crippen LogP contribution in [0.3, 0.4) is 0 Å². The molecule has 2 saturated carbocycles. The van der Waals surface area contributed by atoms with Crippen LogP contribution in [0.4, 0.5) is 0 Å². The first-order valence-corrected chi connectivity index (χ1v) is 6.08. The second-order valence-corrected chi connectivity index (χ2v) is 6.06. The van der Waals surface area contributed by atoms with Crippen molar-refractivity contribution in [1.82, 2.24) is 0 Å². The lowest BCUT2D eigenvalue weighted by Crippen LogP contribution is -2.36. The molecule has 0 heterocycles. The van der Waals surface area contributed by atoms with Crippen molar-refractivity contribution in [3.05, 3.63) is 0 Å². The fourth-order valence-corrected chi connectivity index (χ4v) is 3.60. The van der Waals surface area contributed by atoms with Crippen molar-refractivity contribution >= 4 is 27.7 Å². The number of ether oxygens (including phenoxy) is 1. The van der Waals surface area contributed by atoms with Crippen molar-refractivity contribution in [2.75, 3.05) is 7.11 Å². The van der Waals surface area contributed by atoms with E-state index in [2.05, 4.69) is 29.8 Å². The van der Waals surface area contributed by atoms with Crippen molar-refractivity contribution in [2.24, 2.45) is 23.2 Å². The van der Waals surface area contributed by atoms with Gasteiger partial charge in [-0.3, -0.25) is 9.59 Å². The molecule has 4 atom stereocenters. The number of rotatable bonds is 1. The minimum atomic E-state index is -0.354. The normalized spacial score (nSPS) is 42.0. The highest BCUT2D eigenvalue weighted by Gasteiger charge is 2.66. The number of alkyl halides is 1. The second-order valence-electron chi connectivity index (χ2n) is 5.08. The highest BCUT2D eigenvalue weighted by Crippen LogP contribution is 2.65. The lowest BCUT2D eigenvalue weighted by Gasteiger charge is -2.23. The van der Waals surface area contributed by atoms with E-state index in [9.17, 15) is 9.59 Å². The first kappa shape index (κ1) is 11.1. The number of hydrogen-bond acceptors (Lipinski definition) is 3. The van der Waals surface area contributed by atoms with Crippen LogP contribution in [0.1, 0.15) is 20.3 Å². The van der Waals surface area contributed by atoms with E-state index in [1.54, 1.807) is 0 Å². The highest BCUT2D eigenvalue weighted by atomic mass is 79.9. The van der Waals surface area contributed by atoms with Gasteiger partial charge < -0.3 is 4.74 Å². The fourth-order valence-electron chi connectivity index (χ4n) is 2.88. The van der Waals surface area contributed by atoms with Crippen LogP contribution < -0.4 is 0 Å². The van der Waals surface area contributed by atoms with E-state index in [1.165, 1.54) is 7.11 Å². The van der Waals surface area contributed by atoms with E-state index >= 15 is 0 Å². The largest absolute Gasteiger partial charge is 0.469 e. The summed E-state index contributed by atoms with van der Waals surface area (Å²) in [6.07, 6.45) is 0.770. The SMILES string of the molecule is COC(=O)C1CC2C(C(=O)C1Br)C2(C)C. The maximum Gasteiger partial charge on any atom is 0.310 e. The van der Waals surface area contributed by atoms with Gasteiger partial charge in [-0.1, -0.05) is 29.8 Å². The third-order valence-corrected chi connectivity index (χ3v) is 5.08. The number of Topliss-reactive ketones (excluding diaryl/α,β-unsaturated/α-hetero) is 1. The van der Waals surface area contributed by atoms with Gasteiger partial charge in [0.1, 0.15) is 0 Å². The Kier molecular flexibility index (Phi) is 2.45. The number of carbonyl (C=O) groups excluding carboxylic acids is 2. The number of esters is 1. The summed E-state index contributed by atoms with van der Waals surface area (Å²) in [4.78, 5) is 23.1. The molecule has 0 radical (unpaired) electrons. The molecule has 0 saturated heterocycles. The summed E-state index contributed by atoms with van der Waals surface area (Å²) in [5.74, 6) is 0.106. The first-order valence-electron chi connectivity index (χ1n) is 5.17. The highest BCUT2D eigenvalue weighted by molar-refractivity contribution is 9.10. The molecule has 0 aromatic heterocycles. The third kappa shape index (κ3) is 1.45. The molecule has 0 amide bonds. The van der Waals surface area contributed by atoms with Crippen LogP contribution >= 0.6 is 15.9 Å². The number of carbonyl (C=O) groups is 2. The Balaban J connectivity index is 2.19. The summed E-state index contributed by atoms with van der Waals surface area (Å²) in [5, 5.41) is 0. The molecule has 0 aromatic rings. The summed E-state index contributed by atoms with van der Waals surface area (Å²) in [7, 11) is 1.37. The predicted molar refractivity (Wildman–Crippen MR) is 58.6 cm³/mol. The number of fused-ring (bicyclic) bond motifs is 1. The Hall–Kier alpha value is -0.380. The lowest BCUT2D eigenvalue weighted by molar-refractivity contribution is -0.148. The standard InChI is InChI=1S/C11H15BrO3/c1-11(2)6-4-5(10(14)15-3)8(12)9(13)7(6)11/h5-8H,4H2,1-3H3. The summed E-state index contributed by atoms with van der Waals surface area (Å²) in [6.45, 7) is 4.19. The van der Waals surface area contributed by atoms with Gasteiger partial charge in [-0.2, -0.15) is 0 Å². The zero-order valence-corrected chi connectivity index (χ0v) is 10.7. The van der Waals surface area contributed by atoms with Gasteiger partial charge in [-0.25, -0.2) is 0 Å². The minimum Gasteiger partial charge on any atom is -0.469 e. The van der Waals surface area contributed by atoms with Crippen LogP contribution in [-0.2, 0) is 14.3 Å². The van der Waals surface area contributed by atoms with Crippen molar-refractivity contribution in [3.8, 4) is 0 Å². The third-order valence-electron chi connectivity index (χ3n) is 3.99. The minimum absolute atomic E-state index is 0.0753. The van der Waals surface area contributed by atoms with E-state index in [4.69, 9.17) is 4.74 Å². The van der Waals surface area contributed by atoms with Crippen molar-refractivity contribution in [1.29, 1.82) is 0 Å². The molecule has 4 heteroatoms. The van der Waals surface area contributed by atoms with Gasteiger partial charge in [0.15, 0.2) is 5.78 Å². The average Bonchev–Trinajstić information content (AvgIpc) is 2.73. The molecular weight excluding hydrogens is 260 g/mol. The number of halogens is 1. The van der Waals surface area contributed by atoms with Crippen LogP contribution in [0.5, 0.6) is 0 Å². The van der Waals surface area contributed by atoms with E-state index < -0.39 is 0 Å². The molecule has 0 aliphatic heterocycles. The van der Waals surface area contributed by atoms with E-state index in [-0.39, 0.29) is 33.8 Å². The number of ketones is 1. The van der Waals surface area contributed by atoms with Gasteiger partial charge in [0.25, 0.3) is 0 Å². The predicted octanol–water partition coefficient (Wildman–Crippen LogP) is 1.78. The van der Waals surface area contributed by atoms with E-state index in [0.29, 0.717) is 5.92 Å². The zero-order valence-electron chi connectivity index (χ0n) is 9.12. The van der Waals surface area contributed by atoms with Gasteiger partial charge in [0.05, 0.1) is 17.9 Å². The van der Waals surface area contributed by atoms with Crippen LogP contribution in [0.2, 0.25) is 0 Å². The molecule has 2 aliphatic rings. The summed E-state index contributed by atoms with van der Waals surface area (Å²) < 4.78 is 4.72. The van der Waals surface area contributed by atoms with E-state index in [1.807, 2.05) is 0 Å². The summed E-state index contributed by atoms with van der Waals surface area (Å²) in [5.41, 5.74) is 0.0753. The quantitative estimate of drug-likeness (QED) is 0.541. The average molecular weight is 275 g/mol.